The van der Waals surface area contributed by atoms with Gasteiger partial charge in [0.2, 0.25) is 5.91 Å². The molecule has 1 fully saturated rings. The van der Waals surface area contributed by atoms with Crippen molar-refractivity contribution in [2.75, 3.05) is 19.5 Å². The van der Waals surface area contributed by atoms with Crippen LogP contribution in [0.1, 0.15) is 6.42 Å². The van der Waals surface area contributed by atoms with Crippen molar-refractivity contribution in [1.29, 1.82) is 0 Å². The lowest BCUT2D eigenvalue weighted by Crippen LogP contribution is -2.16. The van der Waals surface area contributed by atoms with Crippen LogP contribution in [0, 0.1) is 5.92 Å². The number of halogens is 2. The molecular formula is C12H13Cl2NO3. The zero-order valence-electron chi connectivity index (χ0n) is 10.00. The van der Waals surface area contributed by atoms with Gasteiger partial charge in [0.15, 0.2) is 0 Å². The number of hydrogen-bond acceptors (Lipinski definition) is 3. The molecule has 1 atom stereocenters. The largest absolute Gasteiger partial charge is 0.497 e. The van der Waals surface area contributed by atoms with Gasteiger partial charge >= 0.3 is 0 Å². The van der Waals surface area contributed by atoms with Crippen LogP contribution in [0.25, 0.3) is 0 Å². The van der Waals surface area contributed by atoms with Crippen molar-refractivity contribution in [3.05, 3.63) is 18.2 Å². The number of hydrogen-bond donors (Lipinski definition) is 1. The van der Waals surface area contributed by atoms with Gasteiger partial charge in [-0.1, -0.05) is 0 Å². The van der Waals surface area contributed by atoms with Crippen LogP contribution in [0.15, 0.2) is 18.2 Å². The highest BCUT2D eigenvalue weighted by Crippen LogP contribution is 2.53. The summed E-state index contributed by atoms with van der Waals surface area (Å²) >= 11 is 11.7. The minimum atomic E-state index is -0.924. The molecular weight excluding hydrogens is 277 g/mol. The SMILES string of the molecule is COc1cc(NC(=O)[C@@H]2CC2(Cl)Cl)cc(OC)c1. The Kier molecular flexibility index (Phi) is 3.59. The van der Waals surface area contributed by atoms with Gasteiger partial charge < -0.3 is 14.8 Å². The number of methoxy groups -OCH3 is 2. The lowest BCUT2D eigenvalue weighted by atomic mass is 10.2. The molecule has 1 N–H and O–H groups in total. The maximum Gasteiger partial charge on any atom is 0.230 e. The summed E-state index contributed by atoms with van der Waals surface area (Å²) < 4.78 is 9.30. The minimum Gasteiger partial charge on any atom is -0.497 e. The molecule has 0 radical (unpaired) electrons. The molecule has 0 saturated heterocycles. The molecule has 0 aromatic heterocycles. The second-order valence-electron chi connectivity index (χ2n) is 4.11. The van der Waals surface area contributed by atoms with Gasteiger partial charge in [-0.2, -0.15) is 0 Å². The van der Waals surface area contributed by atoms with E-state index in [2.05, 4.69) is 5.32 Å². The Morgan fingerprint density at radius 3 is 2.17 bits per heavy atom. The van der Waals surface area contributed by atoms with Gasteiger partial charge in [0.1, 0.15) is 15.8 Å². The standard InChI is InChI=1S/C12H13Cl2NO3/c1-17-8-3-7(4-9(5-8)18-2)15-11(16)10-6-12(10,13)14/h3-5,10H,6H2,1-2H3,(H,15,16)/t10-/m0/s1. The molecule has 1 saturated carbocycles. The van der Waals surface area contributed by atoms with Crippen molar-refractivity contribution in [1.82, 2.24) is 0 Å². The Morgan fingerprint density at radius 1 is 1.28 bits per heavy atom. The van der Waals surface area contributed by atoms with Crippen LogP contribution in [0.3, 0.4) is 0 Å². The zero-order chi connectivity index (χ0) is 13.3. The highest BCUT2D eigenvalue weighted by molar-refractivity contribution is 6.52. The summed E-state index contributed by atoms with van der Waals surface area (Å²) in [5.74, 6) is 0.639. The first kappa shape index (κ1) is 13.3. The number of rotatable bonds is 4. The highest BCUT2D eigenvalue weighted by atomic mass is 35.5. The third-order valence-corrected chi connectivity index (χ3v) is 3.60. The van der Waals surface area contributed by atoms with Gasteiger partial charge in [-0.3, -0.25) is 4.79 Å². The molecule has 1 amide bonds. The predicted molar refractivity (Wildman–Crippen MR) is 70.7 cm³/mol. The van der Waals surface area contributed by atoms with Crippen LogP contribution in [0.5, 0.6) is 11.5 Å². The molecule has 98 valence electrons. The van der Waals surface area contributed by atoms with Crippen molar-refractivity contribution in [2.45, 2.75) is 10.8 Å². The number of carbonyl (C=O) groups is 1. The predicted octanol–water partition coefficient (Wildman–Crippen LogP) is 2.84. The number of ether oxygens (including phenoxy) is 2. The maximum absolute atomic E-state index is 11.8. The van der Waals surface area contributed by atoms with Gasteiger partial charge in [-0.25, -0.2) is 0 Å². The molecule has 1 aromatic rings. The molecule has 0 aliphatic heterocycles. The van der Waals surface area contributed by atoms with E-state index in [-0.39, 0.29) is 11.8 Å². The number of nitrogens with one attached hydrogen (secondary N) is 1. The average Bonchev–Trinajstić information content (AvgIpc) is 2.98. The fraction of sp³-hybridized carbons (Fsp3) is 0.417. The molecule has 1 aliphatic rings. The van der Waals surface area contributed by atoms with Crippen molar-refractivity contribution in [3.8, 4) is 11.5 Å². The van der Waals surface area contributed by atoms with Crippen molar-refractivity contribution in [2.24, 2.45) is 5.92 Å². The monoisotopic (exact) mass is 289 g/mol. The molecule has 0 heterocycles. The van der Waals surface area contributed by atoms with Crippen LogP contribution in [0.4, 0.5) is 5.69 Å². The molecule has 1 aromatic carbocycles. The van der Waals surface area contributed by atoms with Crippen LogP contribution >= 0.6 is 23.2 Å². The summed E-state index contributed by atoms with van der Waals surface area (Å²) in [6.07, 6.45) is 0.475. The lowest BCUT2D eigenvalue weighted by molar-refractivity contribution is -0.117. The van der Waals surface area contributed by atoms with Gasteiger partial charge in [0, 0.05) is 23.9 Å². The highest BCUT2D eigenvalue weighted by Gasteiger charge is 2.56. The Hall–Kier alpha value is -1.13. The Bertz CT molecular complexity index is 454. The van der Waals surface area contributed by atoms with Crippen LogP contribution in [-0.2, 0) is 4.79 Å². The Labute approximate surface area is 115 Å². The molecule has 0 bridgehead atoms. The zero-order valence-corrected chi connectivity index (χ0v) is 11.5. The van der Waals surface area contributed by atoms with E-state index in [1.54, 1.807) is 32.4 Å². The second kappa shape index (κ2) is 4.86. The topological polar surface area (TPSA) is 47.6 Å². The van der Waals surface area contributed by atoms with Crippen molar-refractivity contribution >= 4 is 34.8 Å². The van der Waals surface area contributed by atoms with Crippen LogP contribution < -0.4 is 14.8 Å². The molecule has 6 heteroatoms. The molecule has 1 aliphatic carbocycles. The first-order chi connectivity index (χ1) is 8.46. The van der Waals surface area contributed by atoms with Gasteiger partial charge in [-0.05, 0) is 6.42 Å². The Morgan fingerprint density at radius 2 is 1.78 bits per heavy atom. The summed E-state index contributed by atoms with van der Waals surface area (Å²) in [4.78, 5) is 11.8. The summed E-state index contributed by atoms with van der Waals surface area (Å²) in [7, 11) is 3.09. The number of benzene rings is 1. The number of anilines is 1. The van der Waals surface area contributed by atoms with Gasteiger partial charge in [0.05, 0.1) is 20.1 Å². The van der Waals surface area contributed by atoms with E-state index < -0.39 is 4.33 Å². The Balaban J connectivity index is 2.11. The smallest absolute Gasteiger partial charge is 0.230 e. The molecule has 4 nitrogen and oxygen atoms in total. The molecule has 2 rings (SSSR count). The normalized spacial score (nSPS) is 20.1. The fourth-order valence-electron chi connectivity index (χ4n) is 1.61. The van der Waals surface area contributed by atoms with E-state index in [1.807, 2.05) is 0 Å². The quantitative estimate of drug-likeness (QED) is 0.867. The van der Waals surface area contributed by atoms with Gasteiger partial charge in [0.25, 0.3) is 0 Å². The van der Waals surface area contributed by atoms with E-state index in [0.717, 1.165) is 0 Å². The lowest BCUT2D eigenvalue weighted by Gasteiger charge is -2.09. The number of alkyl halides is 2. The number of amides is 1. The summed E-state index contributed by atoms with van der Waals surface area (Å²) in [6, 6.07) is 5.13. The first-order valence-corrected chi connectivity index (χ1v) is 6.13. The van der Waals surface area contributed by atoms with Crippen LogP contribution in [0.2, 0.25) is 0 Å². The van der Waals surface area contributed by atoms with Crippen molar-refractivity contribution in [3.63, 3.8) is 0 Å². The first-order valence-electron chi connectivity index (χ1n) is 5.38. The number of carbonyl (C=O) groups excluding carboxylic acids is 1. The maximum atomic E-state index is 11.8. The average molecular weight is 290 g/mol. The van der Waals surface area contributed by atoms with E-state index in [0.29, 0.717) is 23.6 Å². The van der Waals surface area contributed by atoms with E-state index in [9.17, 15) is 4.79 Å². The summed E-state index contributed by atoms with van der Waals surface area (Å²) in [6.45, 7) is 0. The molecule has 18 heavy (non-hydrogen) atoms. The van der Waals surface area contributed by atoms with Crippen molar-refractivity contribution < 1.29 is 14.3 Å². The third-order valence-electron chi connectivity index (χ3n) is 2.76. The van der Waals surface area contributed by atoms with Crippen LogP contribution in [-0.4, -0.2) is 24.5 Å². The van der Waals surface area contributed by atoms with E-state index in [1.165, 1.54) is 0 Å². The summed E-state index contributed by atoms with van der Waals surface area (Å²) in [5.41, 5.74) is 0.590. The van der Waals surface area contributed by atoms with E-state index in [4.69, 9.17) is 32.7 Å². The third kappa shape index (κ3) is 2.82. The fourth-order valence-corrected chi connectivity index (χ4v) is 2.11. The second-order valence-corrected chi connectivity index (χ2v) is 5.65. The minimum absolute atomic E-state index is 0.199. The molecule has 0 unspecified atom stereocenters. The van der Waals surface area contributed by atoms with E-state index >= 15 is 0 Å². The molecule has 0 spiro atoms. The van der Waals surface area contributed by atoms with Gasteiger partial charge in [-0.15, -0.1) is 23.2 Å². The summed E-state index contributed by atoms with van der Waals surface area (Å²) in [5, 5.41) is 2.74.